The van der Waals surface area contributed by atoms with Gasteiger partial charge >= 0.3 is 0 Å². The normalized spacial score (nSPS) is 22.8. The molecule has 2 aliphatic rings. The molecular formula is C18H23N3. The van der Waals surface area contributed by atoms with E-state index >= 15 is 0 Å². The van der Waals surface area contributed by atoms with Gasteiger partial charge in [-0.1, -0.05) is 18.2 Å². The summed E-state index contributed by atoms with van der Waals surface area (Å²) in [5.74, 6) is 0.790. The number of hydrogen-bond donors (Lipinski definition) is 1. The molecular weight excluding hydrogens is 258 g/mol. The van der Waals surface area contributed by atoms with Crippen molar-refractivity contribution in [2.24, 2.45) is 5.92 Å². The number of benzene rings is 1. The molecule has 1 saturated carbocycles. The smallest absolute Gasteiger partial charge is 0.0725 e. The van der Waals surface area contributed by atoms with Gasteiger partial charge in [0, 0.05) is 35.9 Å². The van der Waals surface area contributed by atoms with Crippen LogP contribution in [0.2, 0.25) is 0 Å². The topological polar surface area (TPSA) is 28.2 Å². The Hall–Kier alpha value is -1.61. The standard InChI is InChI=1S/C18H23N3/c1-13-10-18(16-4-2-3-5-17(16)20-13)19-11-14-8-9-21(12-14)15-6-7-15/h2-5,10,14-15H,6-9,11-12H2,1H3,(H,19,20). The van der Waals surface area contributed by atoms with Crippen molar-refractivity contribution in [1.29, 1.82) is 0 Å². The van der Waals surface area contributed by atoms with E-state index in [0.29, 0.717) is 0 Å². The molecule has 1 N–H and O–H groups in total. The highest BCUT2D eigenvalue weighted by atomic mass is 15.2. The molecule has 2 fully saturated rings. The van der Waals surface area contributed by atoms with Crippen molar-refractivity contribution in [1.82, 2.24) is 9.88 Å². The van der Waals surface area contributed by atoms with Crippen molar-refractivity contribution in [2.75, 3.05) is 25.0 Å². The SMILES string of the molecule is Cc1cc(NCC2CCN(C3CC3)C2)c2ccccc2n1. The Morgan fingerprint density at radius 2 is 2.10 bits per heavy atom. The Bertz CT molecular complexity index is 648. The molecule has 1 aromatic carbocycles. The number of pyridine rings is 1. The summed E-state index contributed by atoms with van der Waals surface area (Å²) in [4.78, 5) is 7.29. The first kappa shape index (κ1) is 13.1. The molecule has 1 unspecified atom stereocenters. The van der Waals surface area contributed by atoms with Gasteiger partial charge in [-0.15, -0.1) is 0 Å². The third-order valence-corrected chi connectivity index (χ3v) is 4.81. The van der Waals surface area contributed by atoms with Crippen LogP contribution in [0.25, 0.3) is 10.9 Å². The van der Waals surface area contributed by atoms with E-state index < -0.39 is 0 Å². The van der Waals surface area contributed by atoms with Crippen LogP contribution in [0, 0.1) is 12.8 Å². The van der Waals surface area contributed by atoms with Crippen molar-refractivity contribution in [3.8, 4) is 0 Å². The molecule has 0 amide bonds. The zero-order valence-corrected chi connectivity index (χ0v) is 12.7. The second kappa shape index (κ2) is 5.30. The molecule has 1 atom stereocenters. The second-order valence-corrected chi connectivity index (χ2v) is 6.59. The van der Waals surface area contributed by atoms with Crippen molar-refractivity contribution >= 4 is 16.6 Å². The molecule has 0 spiro atoms. The Morgan fingerprint density at radius 3 is 2.95 bits per heavy atom. The summed E-state index contributed by atoms with van der Waals surface area (Å²) in [5.41, 5.74) is 3.41. The molecule has 110 valence electrons. The molecule has 2 aromatic rings. The Labute approximate surface area is 126 Å². The van der Waals surface area contributed by atoms with Crippen LogP contribution in [0.4, 0.5) is 5.69 Å². The number of aryl methyl sites for hydroxylation is 1. The van der Waals surface area contributed by atoms with E-state index in [0.717, 1.165) is 29.7 Å². The van der Waals surface area contributed by atoms with Gasteiger partial charge in [-0.05, 0) is 50.8 Å². The van der Waals surface area contributed by atoms with E-state index in [1.807, 2.05) is 0 Å². The number of nitrogens with one attached hydrogen (secondary N) is 1. The van der Waals surface area contributed by atoms with Crippen LogP contribution in [0.1, 0.15) is 25.0 Å². The van der Waals surface area contributed by atoms with Crippen LogP contribution >= 0.6 is 0 Å². The van der Waals surface area contributed by atoms with Gasteiger partial charge in [0.05, 0.1) is 5.52 Å². The number of nitrogens with zero attached hydrogens (tertiary/aromatic N) is 2. The molecule has 0 radical (unpaired) electrons. The van der Waals surface area contributed by atoms with Crippen LogP contribution in [0.5, 0.6) is 0 Å². The van der Waals surface area contributed by atoms with Crippen molar-refractivity contribution < 1.29 is 0 Å². The van der Waals surface area contributed by atoms with E-state index in [-0.39, 0.29) is 0 Å². The van der Waals surface area contributed by atoms with Crippen LogP contribution in [0.3, 0.4) is 0 Å². The molecule has 3 heteroatoms. The maximum absolute atomic E-state index is 4.61. The number of fused-ring (bicyclic) bond motifs is 1. The average Bonchev–Trinajstić information content (AvgIpc) is 3.24. The molecule has 1 saturated heterocycles. The summed E-state index contributed by atoms with van der Waals surface area (Å²) in [6, 6.07) is 11.5. The molecule has 4 rings (SSSR count). The monoisotopic (exact) mass is 281 g/mol. The third kappa shape index (κ3) is 2.75. The van der Waals surface area contributed by atoms with E-state index in [4.69, 9.17) is 0 Å². The summed E-state index contributed by atoms with van der Waals surface area (Å²) in [5, 5.41) is 4.92. The van der Waals surface area contributed by atoms with Gasteiger partial charge in [0.15, 0.2) is 0 Å². The lowest BCUT2D eigenvalue weighted by atomic mass is 10.1. The second-order valence-electron chi connectivity index (χ2n) is 6.59. The Balaban J connectivity index is 1.47. The first-order valence-electron chi connectivity index (χ1n) is 8.14. The van der Waals surface area contributed by atoms with Gasteiger partial charge in [-0.25, -0.2) is 0 Å². The van der Waals surface area contributed by atoms with Gasteiger partial charge < -0.3 is 10.2 Å². The molecule has 1 aromatic heterocycles. The first-order valence-corrected chi connectivity index (χ1v) is 8.14. The predicted octanol–water partition coefficient (Wildman–Crippen LogP) is 3.44. The van der Waals surface area contributed by atoms with Gasteiger partial charge in [0.25, 0.3) is 0 Å². The van der Waals surface area contributed by atoms with E-state index in [1.165, 1.54) is 43.4 Å². The van der Waals surface area contributed by atoms with Crippen molar-refractivity contribution in [3.05, 3.63) is 36.0 Å². The fourth-order valence-corrected chi connectivity index (χ4v) is 3.51. The maximum Gasteiger partial charge on any atom is 0.0725 e. The molecule has 21 heavy (non-hydrogen) atoms. The van der Waals surface area contributed by atoms with Gasteiger partial charge in [0.2, 0.25) is 0 Å². The number of likely N-dealkylation sites (tertiary alicyclic amines) is 1. The van der Waals surface area contributed by atoms with Crippen molar-refractivity contribution in [3.63, 3.8) is 0 Å². The van der Waals surface area contributed by atoms with Crippen LogP contribution < -0.4 is 5.32 Å². The van der Waals surface area contributed by atoms with Crippen LogP contribution in [-0.4, -0.2) is 35.6 Å². The van der Waals surface area contributed by atoms with Crippen LogP contribution in [0.15, 0.2) is 30.3 Å². The fourth-order valence-electron chi connectivity index (χ4n) is 3.51. The Kier molecular flexibility index (Phi) is 3.30. The summed E-state index contributed by atoms with van der Waals surface area (Å²) in [7, 11) is 0. The first-order chi connectivity index (χ1) is 10.3. The fraction of sp³-hybridized carbons (Fsp3) is 0.500. The molecule has 3 nitrogen and oxygen atoms in total. The summed E-state index contributed by atoms with van der Waals surface area (Å²) >= 11 is 0. The highest BCUT2D eigenvalue weighted by molar-refractivity contribution is 5.91. The lowest BCUT2D eigenvalue weighted by molar-refractivity contribution is 0.316. The van der Waals surface area contributed by atoms with Crippen molar-refractivity contribution in [2.45, 2.75) is 32.2 Å². The zero-order valence-electron chi connectivity index (χ0n) is 12.7. The molecule has 1 aliphatic heterocycles. The minimum atomic E-state index is 0.790. The number of para-hydroxylation sites is 1. The molecule has 0 bridgehead atoms. The quantitative estimate of drug-likeness (QED) is 0.930. The minimum Gasteiger partial charge on any atom is -0.384 e. The largest absolute Gasteiger partial charge is 0.384 e. The summed E-state index contributed by atoms with van der Waals surface area (Å²) in [6.07, 6.45) is 4.19. The highest BCUT2D eigenvalue weighted by Crippen LogP contribution is 2.32. The predicted molar refractivity (Wildman–Crippen MR) is 87.7 cm³/mol. The maximum atomic E-state index is 4.61. The van der Waals surface area contributed by atoms with E-state index in [2.05, 4.69) is 52.5 Å². The molecule has 1 aliphatic carbocycles. The zero-order chi connectivity index (χ0) is 14.2. The number of rotatable bonds is 4. The van der Waals surface area contributed by atoms with Gasteiger partial charge in [-0.3, -0.25) is 4.98 Å². The van der Waals surface area contributed by atoms with Gasteiger partial charge in [-0.2, -0.15) is 0 Å². The minimum absolute atomic E-state index is 0.790. The van der Waals surface area contributed by atoms with E-state index in [1.54, 1.807) is 0 Å². The lowest BCUT2D eigenvalue weighted by Crippen LogP contribution is -2.24. The third-order valence-electron chi connectivity index (χ3n) is 4.81. The Morgan fingerprint density at radius 1 is 1.24 bits per heavy atom. The number of aromatic nitrogens is 1. The highest BCUT2D eigenvalue weighted by Gasteiger charge is 2.34. The van der Waals surface area contributed by atoms with Crippen LogP contribution in [-0.2, 0) is 0 Å². The average molecular weight is 281 g/mol. The summed E-state index contributed by atoms with van der Waals surface area (Å²) < 4.78 is 0. The van der Waals surface area contributed by atoms with Gasteiger partial charge in [0.1, 0.15) is 0 Å². The lowest BCUT2D eigenvalue weighted by Gasteiger charge is -2.16. The van der Waals surface area contributed by atoms with E-state index in [9.17, 15) is 0 Å². The number of hydrogen-bond acceptors (Lipinski definition) is 3. The summed E-state index contributed by atoms with van der Waals surface area (Å²) in [6.45, 7) is 5.73. The molecule has 2 heterocycles. The number of anilines is 1.